The molecule has 17 heavy (non-hydrogen) atoms. The minimum atomic E-state index is -0.368. The number of ether oxygens (including phenoxy) is 1. The van der Waals surface area contributed by atoms with Crippen molar-refractivity contribution < 1.29 is 9.26 Å². The number of hydrogen-bond acceptors (Lipinski definition) is 5. The lowest BCUT2D eigenvalue weighted by atomic mass is 10.0. The molecule has 0 aliphatic carbocycles. The average Bonchev–Trinajstić information content (AvgIpc) is 2.95. The van der Waals surface area contributed by atoms with Gasteiger partial charge in [-0.15, -0.1) is 0 Å². The van der Waals surface area contributed by atoms with Gasteiger partial charge in [0, 0.05) is 13.2 Å². The van der Waals surface area contributed by atoms with Crippen LogP contribution in [0.5, 0.6) is 0 Å². The van der Waals surface area contributed by atoms with Gasteiger partial charge in [0.25, 0.3) is 0 Å². The second-order valence-electron chi connectivity index (χ2n) is 4.86. The molecule has 0 radical (unpaired) electrons. The molecular weight excluding hydrogens is 218 g/mol. The van der Waals surface area contributed by atoms with Gasteiger partial charge in [0.2, 0.25) is 11.7 Å². The third-order valence-electron chi connectivity index (χ3n) is 3.40. The maximum Gasteiger partial charge on any atom is 0.231 e. The first kappa shape index (κ1) is 12.5. The van der Waals surface area contributed by atoms with Crippen LogP contribution in [0.1, 0.15) is 57.2 Å². The molecule has 2 rings (SSSR count). The Morgan fingerprint density at radius 2 is 2.35 bits per heavy atom. The molecule has 0 aromatic carbocycles. The van der Waals surface area contributed by atoms with Crippen molar-refractivity contribution in [1.82, 2.24) is 10.1 Å². The highest BCUT2D eigenvalue weighted by Gasteiger charge is 2.37. The predicted molar refractivity (Wildman–Crippen MR) is 63.5 cm³/mol. The summed E-state index contributed by atoms with van der Waals surface area (Å²) in [6, 6.07) is 0. The summed E-state index contributed by atoms with van der Waals surface area (Å²) in [5.41, 5.74) is 5.36. The second-order valence-corrected chi connectivity index (χ2v) is 4.86. The average molecular weight is 239 g/mol. The largest absolute Gasteiger partial charge is 0.367 e. The van der Waals surface area contributed by atoms with Gasteiger partial charge >= 0.3 is 0 Å². The smallest absolute Gasteiger partial charge is 0.231 e. The quantitative estimate of drug-likeness (QED) is 0.850. The van der Waals surface area contributed by atoms with Crippen LogP contribution in [-0.2, 0) is 10.3 Å². The van der Waals surface area contributed by atoms with E-state index in [1.165, 1.54) is 0 Å². The van der Waals surface area contributed by atoms with E-state index in [9.17, 15) is 0 Å². The second kappa shape index (κ2) is 5.14. The number of aromatic nitrogens is 2. The van der Waals surface area contributed by atoms with Crippen molar-refractivity contribution in [2.75, 3.05) is 13.2 Å². The van der Waals surface area contributed by atoms with E-state index in [1.807, 2.05) is 6.92 Å². The van der Waals surface area contributed by atoms with E-state index >= 15 is 0 Å². The molecule has 1 aromatic rings. The van der Waals surface area contributed by atoms with E-state index in [0.717, 1.165) is 32.3 Å². The van der Waals surface area contributed by atoms with E-state index < -0.39 is 0 Å². The van der Waals surface area contributed by atoms with Crippen molar-refractivity contribution in [3.05, 3.63) is 11.7 Å². The molecule has 96 valence electrons. The minimum Gasteiger partial charge on any atom is -0.367 e. The Hall–Kier alpha value is -0.940. The predicted octanol–water partition coefficient (Wildman–Crippen LogP) is 1.94. The molecule has 1 aliphatic heterocycles. The molecule has 1 fully saturated rings. The van der Waals surface area contributed by atoms with Gasteiger partial charge in [0.1, 0.15) is 5.60 Å². The summed E-state index contributed by atoms with van der Waals surface area (Å²) in [5.74, 6) is 1.49. The lowest BCUT2D eigenvalue weighted by Crippen LogP contribution is -2.22. The number of nitrogens with zero attached hydrogens (tertiary/aromatic N) is 2. The van der Waals surface area contributed by atoms with Crippen LogP contribution in [0.4, 0.5) is 0 Å². The Morgan fingerprint density at radius 3 is 2.94 bits per heavy atom. The molecular formula is C12H21N3O2. The molecule has 0 amide bonds. The first-order valence-corrected chi connectivity index (χ1v) is 6.37. The normalized spacial score (nSPS) is 26.3. The third kappa shape index (κ3) is 2.50. The van der Waals surface area contributed by atoms with Crippen LogP contribution < -0.4 is 5.73 Å². The Bertz CT molecular complexity index is 358. The fourth-order valence-corrected chi connectivity index (χ4v) is 2.26. The molecule has 1 aliphatic rings. The summed E-state index contributed by atoms with van der Waals surface area (Å²) in [4.78, 5) is 4.47. The summed E-state index contributed by atoms with van der Waals surface area (Å²) in [7, 11) is 0. The zero-order valence-corrected chi connectivity index (χ0v) is 10.6. The lowest BCUT2D eigenvalue weighted by molar-refractivity contribution is 0.00768. The molecule has 0 bridgehead atoms. The van der Waals surface area contributed by atoms with E-state index in [1.54, 1.807) is 0 Å². The summed E-state index contributed by atoms with van der Waals surface area (Å²) in [6.45, 7) is 5.47. The topological polar surface area (TPSA) is 74.2 Å². The van der Waals surface area contributed by atoms with Crippen molar-refractivity contribution >= 4 is 0 Å². The standard InChI is InChI=1S/C12H21N3O2/c1-3-5-9(8-13)10-14-11(15-17-10)12(2)6-4-7-16-12/h9H,3-8,13H2,1-2H3. The van der Waals surface area contributed by atoms with Gasteiger partial charge in [-0.1, -0.05) is 18.5 Å². The monoisotopic (exact) mass is 239 g/mol. The van der Waals surface area contributed by atoms with Crippen molar-refractivity contribution in [3.8, 4) is 0 Å². The van der Waals surface area contributed by atoms with Gasteiger partial charge in [-0.3, -0.25) is 0 Å². The minimum absolute atomic E-state index is 0.172. The van der Waals surface area contributed by atoms with Crippen LogP contribution in [0, 0.1) is 0 Å². The molecule has 0 saturated carbocycles. The summed E-state index contributed by atoms with van der Waals surface area (Å²) < 4.78 is 11.0. The van der Waals surface area contributed by atoms with Crippen LogP contribution in [0.25, 0.3) is 0 Å². The van der Waals surface area contributed by atoms with Crippen LogP contribution >= 0.6 is 0 Å². The van der Waals surface area contributed by atoms with Crippen LogP contribution in [0.3, 0.4) is 0 Å². The van der Waals surface area contributed by atoms with E-state index in [-0.39, 0.29) is 11.5 Å². The van der Waals surface area contributed by atoms with Gasteiger partial charge in [0.15, 0.2) is 0 Å². The highest BCUT2D eigenvalue weighted by Crippen LogP contribution is 2.34. The lowest BCUT2D eigenvalue weighted by Gasteiger charge is -2.17. The Balaban J connectivity index is 2.14. The van der Waals surface area contributed by atoms with Gasteiger partial charge < -0.3 is 15.0 Å². The Labute approximate surface area is 102 Å². The number of hydrogen-bond donors (Lipinski definition) is 1. The molecule has 5 heteroatoms. The van der Waals surface area contributed by atoms with Crippen LogP contribution in [0.2, 0.25) is 0 Å². The molecule has 1 saturated heterocycles. The Morgan fingerprint density at radius 1 is 1.53 bits per heavy atom. The SMILES string of the molecule is CCCC(CN)c1nc(C2(C)CCCO2)no1. The van der Waals surface area contributed by atoms with Crippen LogP contribution in [-0.4, -0.2) is 23.3 Å². The first-order chi connectivity index (χ1) is 8.19. The zero-order chi connectivity index (χ0) is 12.3. The number of nitrogens with two attached hydrogens (primary N) is 1. The summed E-state index contributed by atoms with van der Waals surface area (Å²) in [5, 5.41) is 4.05. The fraction of sp³-hybridized carbons (Fsp3) is 0.833. The Kier molecular flexibility index (Phi) is 3.79. The van der Waals surface area contributed by atoms with Gasteiger partial charge in [-0.05, 0) is 26.2 Å². The van der Waals surface area contributed by atoms with Crippen LogP contribution in [0.15, 0.2) is 4.52 Å². The van der Waals surface area contributed by atoms with Crippen molar-refractivity contribution in [2.24, 2.45) is 5.73 Å². The van der Waals surface area contributed by atoms with Gasteiger partial charge in [-0.25, -0.2) is 0 Å². The number of rotatable bonds is 5. The third-order valence-corrected chi connectivity index (χ3v) is 3.40. The molecule has 1 aromatic heterocycles. The first-order valence-electron chi connectivity index (χ1n) is 6.37. The maximum absolute atomic E-state index is 5.73. The molecule has 2 unspecified atom stereocenters. The van der Waals surface area contributed by atoms with E-state index in [4.69, 9.17) is 15.0 Å². The van der Waals surface area contributed by atoms with E-state index in [2.05, 4.69) is 17.1 Å². The van der Waals surface area contributed by atoms with Gasteiger partial charge in [-0.2, -0.15) is 4.98 Å². The molecule has 2 N–H and O–H groups in total. The molecule has 2 heterocycles. The van der Waals surface area contributed by atoms with Crippen molar-refractivity contribution in [2.45, 2.75) is 51.0 Å². The highest BCUT2D eigenvalue weighted by atomic mass is 16.5. The maximum atomic E-state index is 5.73. The summed E-state index contributed by atoms with van der Waals surface area (Å²) in [6.07, 6.45) is 4.05. The van der Waals surface area contributed by atoms with Crippen molar-refractivity contribution in [3.63, 3.8) is 0 Å². The molecule has 0 spiro atoms. The summed E-state index contributed by atoms with van der Waals surface area (Å²) >= 11 is 0. The van der Waals surface area contributed by atoms with E-state index in [0.29, 0.717) is 18.3 Å². The molecule has 2 atom stereocenters. The van der Waals surface area contributed by atoms with Crippen molar-refractivity contribution in [1.29, 1.82) is 0 Å². The highest BCUT2D eigenvalue weighted by molar-refractivity contribution is 5.04. The fourth-order valence-electron chi connectivity index (χ4n) is 2.26. The van der Waals surface area contributed by atoms with Gasteiger partial charge in [0.05, 0.1) is 5.92 Å². The zero-order valence-electron chi connectivity index (χ0n) is 10.6. The molecule has 5 nitrogen and oxygen atoms in total.